The van der Waals surface area contributed by atoms with Gasteiger partial charge in [-0.1, -0.05) is 13.8 Å². The van der Waals surface area contributed by atoms with Crippen molar-refractivity contribution in [1.29, 1.82) is 0 Å². The van der Waals surface area contributed by atoms with Gasteiger partial charge in [0.1, 0.15) is 9.84 Å². The molecule has 1 rings (SSSR count). The van der Waals surface area contributed by atoms with E-state index in [1.54, 1.807) is 12.5 Å². The summed E-state index contributed by atoms with van der Waals surface area (Å²) in [5, 5.41) is 0. The zero-order valence-electron chi connectivity index (χ0n) is 10.6. The van der Waals surface area contributed by atoms with Gasteiger partial charge in [-0.2, -0.15) is 0 Å². The maximum atomic E-state index is 11.0. The smallest absolute Gasteiger partial charge is 0.147 e. The molecular formula is C11H21N3O2S. The molecule has 2 N–H and O–H groups in total. The van der Waals surface area contributed by atoms with Gasteiger partial charge in [-0.25, -0.2) is 13.4 Å². The topological polar surface area (TPSA) is 78.0 Å². The van der Waals surface area contributed by atoms with Crippen LogP contribution in [0, 0.1) is 5.92 Å². The number of aryl methyl sites for hydroxylation is 1. The molecule has 0 aliphatic carbocycles. The maximum absolute atomic E-state index is 11.0. The van der Waals surface area contributed by atoms with E-state index in [-0.39, 0.29) is 11.8 Å². The molecule has 1 aromatic rings. The quantitative estimate of drug-likeness (QED) is 0.826. The van der Waals surface area contributed by atoms with Gasteiger partial charge in [-0.3, -0.25) is 0 Å². The Morgan fingerprint density at radius 2 is 2.12 bits per heavy atom. The normalized spacial score (nSPS) is 14.2. The molecule has 0 aliphatic rings. The Balaban J connectivity index is 2.64. The summed E-state index contributed by atoms with van der Waals surface area (Å²) in [5.41, 5.74) is 7.03. The number of aromatic nitrogens is 2. The lowest BCUT2D eigenvalue weighted by Crippen LogP contribution is -2.21. The van der Waals surface area contributed by atoms with Crippen LogP contribution in [0.1, 0.15) is 32.0 Å². The van der Waals surface area contributed by atoms with Crippen LogP contribution in [0.2, 0.25) is 0 Å². The molecule has 0 bridgehead atoms. The highest BCUT2D eigenvalue weighted by molar-refractivity contribution is 7.90. The maximum Gasteiger partial charge on any atom is 0.147 e. The Bertz CT molecular complexity index is 451. The number of imidazole rings is 1. The van der Waals surface area contributed by atoms with Crippen LogP contribution in [0.25, 0.3) is 0 Å². The highest BCUT2D eigenvalue weighted by atomic mass is 32.2. The second-order valence-corrected chi connectivity index (χ2v) is 7.02. The minimum atomic E-state index is -2.89. The summed E-state index contributed by atoms with van der Waals surface area (Å²) in [5.74, 6) is 0.530. The van der Waals surface area contributed by atoms with Gasteiger partial charge in [-0.15, -0.1) is 0 Å². The minimum absolute atomic E-state index is 0.0595. The zero-order chi connectivity index (χ0) is 13.1. The molecule has 1 atom stereocenters. The van der Waals surface area contributed by atoms with Crippen LogP contribution in [-0.4, -0.2) is 30.0 Å². The summed E-state index contributed by atoms with van der Waals surface area (Å²) in [6, 6.07) is -0.0595. The summed E-state index contributed by atoms with van der Waals surface area (Å²) < 4.78 is 24.0. The van der Waals surface area contributed by atoms with Crippen LogP contribution >= 0.6 is 0 Å². The molecule has 0 saturated heterocycles. The van der Waals surface area contributed by atoms with Crippen molar-refractivity contribution in [3.05, 3.63) is 18.2 Å². The van der Waals surface area contributed by atoms with Crippen molar-refractivity contribution < 1.29 is 8.42 Å². The predicted octanol–water partition coefficient (Wildman–Crippen LogP) is 0.974. The molecule has 98 valence electrons. The molecule has 0 spiro atoms. The average molecular weight is 259 g/mol. The van der Waals surface area contributed by atoms with Crippen molar-refractivity contribution in [2.45, 2.75) is 32.9 Å². The number of hydrogen-bond donors (Lipinski definition) is 1. The summed E-state index contributed by atoms with van der Waals surface area (Å²) in [6.45, 7) is 4.75. The summed E-state index contributed by atoms with van der Waals surface area (Å²) in [4.78, 5) is 4.07. The lowest BCUT2D eigenvalue weighted by atomic mass is 10.0. The Morgan fingerprint density at radius 1 is 1.47 bits per heavy atom. The Morgan fingerprint density at radius 3 is 2.65 bits per heavy atom. The average Bonchev–Trinajstić information content (AvgIpc) is 2.62. The van der Waals surface area contributed by atoms with Gasteiger partial charge in [-0.05, 0) is 12.3 Å². The van der Waals surface area contributed by atoms with Crippen molar-refractivity contribution in [2.75, 3.05) is 12.0 Å². The Hall–Kier alpha value is -0.880. The second-order valence-electron chi connectivity index (χ2n) is 4.77. The van der Waals surface area contributed by atoms with Crippen LogP contribution in [0.15, 0.2) is 12.5 Å². The monoisotopic (exact) mass is 259 g/mol. The van der Waals surface area contributed by atoms with E-state index in [9.17, 15) is 8.42 Å². The van der Waals surface area contributed by atoms with Gasteiger partial charge in [0.15, 0.2) is 0 Å². The molecule has 0 amide bonds. The molecule has 0 radical (unpaired) electrons. The molecule has 1 aromatic heterocycles. The zero-order valence-corrected chi connectivity index (χ0v) is 11.4. The molecule has 6 heteroatoms. The number of nitrogens with zero attached hydrogens (tertiary/aromatic N) is 2. The molecule has 0 aliphatic heterocycles. The lowest BCUT2D eigenvalue weighted by molar-refractivity contribution is 0.476. The molecule has 17 heavy (non-hydrogen) atoms. The molecule has 1 unspecified atom stereocenters. The number of hydrogen-bond acceptors (Lipinski definition) is 4. The van der Waals surface area contributed by atoms with Crippen molar-refractivity contribution in [2.24, 2.45) is 11.7 Å². The van der Waals surface area contributed by atoms with Gasteiger partial charge >= 0.3 is 0 Å². The van der Waals surface area contributed by atoms with E-state index in [0.717, 1.165) is 5.69 Å². The van der Waals surface area contributed by atoms with Gasteiger partial charge in [0, 0.05) is 25.0 Å². The van der Waals surface area contributed by atoms with E-state index in [2.05, 4.69) is 18.8 Å². The van der Waals surface area contributed by atoms with E-state index in [0.29, 0.717) is 18.9 Å². The highest BCUT2D eigenvalue weighted by Gasteiger charge is 2.15. The number of sulfone groups is 1. The fraction of sp³-hybridized carbons (Fsp3) is 0.727. The molecule has 0 fully saturated rings. The standard InChI is InChI=1S/C11H21N3O2S/c1-9(2)11(12)10-7-13-8-14(10)5-4-6-17(3,15)16/h7-9,11H,4-6,12H2,1-3H3. The van der Waals surface area contributed by atoms with Crippen molar-refractivity contribution in [3.63, 3.8) is 0 Å². The van der Waals surface area contributed by atoms with Crippen molar-refractivity contribution in [1.82, 2.24) is 9.55 Å². The first-order valence-corrected chi connectivity index (χ1v) is 7.80. The molecule has 0 saturated carbocycles. The van der Waals surface area contributed by atoms with Gasteiger partial charge in [0.2, 0.25) is 0 Å². The van der Waals surface area contributed by atoms with E-state index < -0.39 is 9.84 Å². The third kappa shape index (κ3) is 4.47. The number of nitrogens with two attached hydrogens (primary N) is 1. The van der Waals surface area contributed by atoms with Crippen LogP contribution in [0.5, 0.6) is 0 Å². The van der Waals surface area contributed by atoms with Gasteiger partial charge < -0.3 is 10.3 Å². The van der Waals surface area contributed by atoms with Crippen LogP contribution in [-0.2, 0) is 16.4 Å². The van der Waals surface area contributed by atoms with Gasteiger partial charge in [0.25, 0.3) is 0 Å². The first kappa shape index (κ1) is 14.2. The first-order chi connectivity index (χ1) is 7.81. The number of rotatable bonds is 6. The third-order valence-corrected chi connectivity index (χ3v) is 3.75. The fourth-order valence-electron chi connectivity index (χ4n) is 1.63. The van der Waals surface area contributed by atoms with E-state index in [1.807, 2.05) is 4.57 Å². The van der Waals surface area contributed by atoms with Crippen LogP contribution in [0.4, 0.5) is 0 Å². The van der Waals surface area contributed by atoms with Crippen LogP contribution in [0.3, 0.4) is 0 Å². The molecule has 0 aromatic carbocycles. The third-order valence-electron chi connectivity index (χ3n) is 2.72. The predicted molar refractivity (Wildman–Crippen MR) is 68.3 cm³/mol. The van der Waals surface area contributed by atoms with E-state index in [1.165, 1.54) is 6.26 Å². The van der Waals surface area contributed by atoms with Crippen molar-refractivity contribution >= 4 is 9.84 Å². The second kappa shape index (κ2) is 5.64. The molecular weight excluding hydrogens is 238 g/mol. The summed E-state index contributed by atoms with van der Waals surface area (Å²) in [6.07, 6.45) is 5.31. The Labute approximate surface area is 103 Å². The highest BCUT2D eigenvalue weighted by Crippen LogP contribution is 2.18. The fourth-order valence-corrected chi connectivity index (χ4v) is 2.29. The van der Waals surface area contributed by atoms with Crippen molar-refractivity contribution in [3.8, 4) is 0 Å². The SMILES string of the molecule is CC(C)C(N)c1cncn1CCCS(C)(=O)=O. The van der Waals surface area contributed by atoms with E-state index in [4.69, 9.17) is 5.73 Å². The molecule has 5 nitrogen and oxygen atoms in total. The Kier molecular flexibility index (Phi) is 4.70. The molecule has 1 heterocycles. The summed E-state index contributed by atoms with van der Waals surface area (Å²) >= 11 is 0. The lowest BCUT2D eigenvalue weighted by Gasteiger charge is -2.17. The van der Waals surface area contributed by atoms with E-state index >= 15 is 0 Å². The van der Waals surface area contributed by atoms with Crippen LogP contribution < -0.4 is 5.73 Å². The largest absolute Gasteiger partial charge is 0.333 e. The van der Waals surface area contributed by atoms with Gasteiger partial charge in [0.05, 0.1) is 17.8 Å². The first-order valence-electron chi connectivity index (χ1n) is 5.74. The summed E-state index contributed by atoms with van der Waals surface area (Å²) in [7, 11) is -2.89. The minimum Gasteiger partial charge on any atom is -0.333 e.